The molecule has 2 N–H and O–H groups in total. The number of aromatic nitrogens is 2. The zero-order valence-corrected chi connectivity index (χ0v) is 13.8. The van der Waals surface area contributed by atoms with E-state index in [0.717, 1.165) is 18.7 Å². The van der Waals surface area contributed by atoms with Gasteiger partial charge >= 0.3 is 0 Å². The fraction of sp³-hybridized carbons (Fsp3) is 0.438. The molecule has 0 fully saturated rings. The summed E-state index contributed by atoms with van der Waals surface area (Å²) < 4.78 is 5.26. The molecule has 7 heteroatoms. The third-order valence-corrected chi connectivity index (χ3v) is 3.16. The number of carbonyl (C=O) groups excluding carboxylic acids is 1. The van der Waals surface area contributed by atoms with Crippen molar-refractivity contribution in [2.24, 2.45) is 0 Å². The lowest BCUT2D eigenvalue weighted by Gasteiger charge is -2.10. The maximum Gasteiger partial charge on any atom is 0.270 e. The van der Waals surface area contributed by atoms with E-state index in [4.69, 9.17) is 4.42 Å². The minimum Gasteiger partial charge on any atom is -0.467 e. The predicted octanol–water partition coefficient (Wildman–Crippen LogP) is 1.67. The molecule has 2 aromatic rings. The zero-order valence-electron chi connectivity index (χ0n) is 13.8. The van der Waals surface area contributed by atoms with E-state index in [1.54, 1.807) is 19.3 Å². The fourth-order valence-electron chi connectivity index (χ4n) is 2.05. The van der Waals surface area contributed by atoms with E-state index in [9.17, 15) is 4.79 Å². The lowest BCUT2D eigenvalue weighted by Crippen LogP contribution is -2.28. The van der Waals surface area contributed by atoms with Gasteiger partial charge in [0.2, 0.25) is 0 Å². The van der Waals surface area contributed by atoms with Crippen LogP contribution in [0.3, 0.4) is 0 Å². The molecule has 124 valence electrons. The summed E-state index contributed by atoms with van der Waals surface area (Å²) >= 11 is 0. The van der Waals surface area contributed by atoms with Gasteiger partial charge < -0.3 is 20.0 Å². The molecule has 0 aliphatic rings. The number of carbonyl (C=O) groups is 1. The lowest BCUT2D eigenvalue weighted by atomic mass is 10.3. The molecule has 2 aromatic heterocycles. The van der Waals surface area contributed by atoms with E-state index in [0.29, 0.717) is 30.4 Å². The van der Waals surface area contributed by atoms with Gasteiger partial charge in [-0.25, -0.2) is 9.97 Å². The topological polar surface area (TPSA) is 83.3 Å². The molecule has 0 saturated heterocycles. The van der Waals surface area contributed by atoms with Gasteiger partial charge in [-0.2, -0.15) is 0 Å². The molecular weight excluding hydrogens is 294 g/mol. The number of furan rings is 1. The summed E-state index contributed by atoms with van der Waals surface area (Å²) in [4.78, 5) is 22.7. The Morgan fingerprint density at radius 3 is 2.87 bits per heavy atom. The van der Waals surface area contributed by atoms with Crippen LogP contribution in [0.5, 0.6) is 0 Å². The SMILES string of the molecule is Cc1nc(NCc2ccco2)cc(C(=O)NCCCN(C)C)n1. The standard InChI is InChI=1S/C16H23N5O2/c1-12-19-14(16(22)17-7-5-8-21(2)3)10-15(20-12)18-11-13-6-4-9-23-13/h4,6,9-10H,5,7-8,11H2,1-3H3,(H,17,22)(H,18,19,20). The van der Waals surface area contributed by atoms with E-state index in [1.807, 2.05) is 26.2 Å². The quantitative estimate of drug-likeness (QED) is 0.721. The number of nitrogens with one attached hydrogen (secondary N) is 2. The Hall–Kier alpha value is -2.41. The first-order valence-corrected chi connectivity index (χ1v) is 7.59. The maximum absolute atomic E-state index is 12.2. The van der Waals surface area contributed by atoms with Crippen LogP contribution in [-0.2, 0) is 6.54 Å². The molecule has 0 saturated carbocycles. The van der Waals surface area contributed by atoms with Crippen LogP contribution in [0.1, 0.15) is 28.5 Å². The van der Waals surface area contributed by atoms with Crippen molar-refractivity contribution in [3.63, 3.8) is 0 Å². The molecule has 2 heterocycles. The van der Waals surface area contributed by atoms with Crippen LogP contribution >= 0.6 is 0 Å². The van der Waals surface area contributed by atoms with Gasteiger partial charge in [0, 0.05) is 12.6 Å². The summed E-state index contributed by atoms with van der Waals surface area (Å²) in [6.45, 7) is 3.82. The van der Waals surface area contributed by atoms with Crippen molar-refractivity contribution in [1.29, 1.82) is 0 Å². The van der Waals surface area contributed by atoms with Crippen LogP contribution in [0.4, 0.5) is 5.82 Å². The van der Waals surface area contributed by atoms with Crippen molar-refractivity contribution in [3.8, 4) is 0 Å². The number of hydrogen-bond acceptors (Lipinski definition) is 6. The van der Waals surface area contributed by atoms with E-state index < -0.39 is 0 Å². The smallest absolute Gasteiger partial charge is 0.270 e. The summed E-state index contributed by atoms with van der Waals surface area (Å²) in [6.07, 6.45) is 2.52. The van der Waals surface area contributed by atoms with Gasteiger partial charge in [0.25, 0.3) is 5.91 Å². The minimum atomic E-state index is -0.185. The molecule has 2 rings (SSSR count). The van der Waals surface area contributed by atoms with Gasteiger partial charge in [-0.05, 0) is 46.1 Å². The number of amides is 1. The third kappa shape index (κ3) is 5.71. The number of anilines is 1. The maximum atomic E-state index is 12.2. The second-order valence-electron chi connectivity index (χ2n) is 5.53. The Morgan fingerprint density at radius 2 is 2.17 bits per heavy atom. The second-order valence-corrected chi connectivity index (χ2v) is 5.53. The summed E-state index contributed by atoms with van der Waals surface area (Å²) in [5, 5.41) is 6.01. The van der Waals surface area contributed by atoms with E-state index in [2.05, 4.69) is 25.5 Å². The average molecular weight is 317 g/mol. The highest BCUT2D eigenvalue weighted by molar-refractivity contribution is 5.92. The highest BCUT2D eigenvalue weighted by Gasteiger charge is 2.10. The summed E-state index contributed by atoms with van der Waals surface area (Å²) in [7, 11) is 4.01. The van der Waals surface area contributed by atoms with Crippen LogP contribution in [0.15, 0.2) is 28.9 Å². The van der Waals surface area contributed by atoms with Crippen molar-refractivity contribution in [2.75, 3.05) is 32.5 Å². The minimum absolute atomic E-state index is 0.185. The second kappa shape index (κ2) is 8.28. The van der Waals surface area contributed by atoms with Crippen molar-refractivity contribution in [3.05, 3.63) is 41.7 Å². The van der Waals surface area contributed by atoms with Gasteiger partial charge in [-0.3, -0.25) is 4.79 Å². The number of nitrogens with zero attached hydrogens (tertiary/aromatic N) is 3. The van der Waals surface area contributed by atoms with Crippen LogP contribution in [0.2, 0.25) is 0 Å². The predicted molar refractivity (Wildman–Crippen MR) is 88.3 cm³/mol. The van der Waals surface area contributed by atoms with Crippen LogP contribution in [0, 0.1) is 6.92 Å². The Labute approximate surface area is 136 Å². The molecular formula is C16H23N5O2. The molecule has 0 aliphatic heterocycles. The summed E-state index contributed by atoms with van der Waals surface area (Å²) in [5.74, 6) is 1.77. The van der Waals surface area contributed by atoms with Gasteiger partial charge in [0.1, 0.15) is 23.1 Å². The molecule has 0 aromatic carbocycles. The zero-order chi connectivity index (χ0) is 16.7. The number of aryl methyl sites for hydroxylation is 1. The fourth-order valence-corrected chi connectivity index (χ4v) is 2.05. The Bertz CT molecular complexity index is 625. The highest BCUT2D eigenvalue weighted by Crippen LogP contribution is 2.09. The van der Waals surface area contributed by atoms with Gasteiger partial charge in [0.15, 0.2) is 0 Å². The van der Waals surface area contributed by atoms with Crippen molar-refractivity contribution >= 4 is 11.7 Å². The first kappa shape index (κ1) is 17.0. The van der Waals surface area contributed by atoms with Crippen LogP contribution < -0.4 is 10.6 Å². The third-order valence-electron chi connectivity index (χ3n) is 3.16. The van der Waals surface area contributed by atoms with E-state index in [-0.39, 0.29) is 5.91 Å². The van der Waals surface area contributed by atoms with Crippen LogP contribution in [-0.4, -0.2) is 48.0 Å². The molecule has 1 amide bonds. The molecule has 0 spiro atoms. The van der Waals surface area contributed by atoms with Gasteiger partial charge in [-0.15, -0.1) is 0 Å². The Kier molecular flexibility index (Phi) is 6.10. The van der Waals surface area contributed by atoms with E-state index in [1.165, 1.54) is 0 Å². The van der Waals surface area contributed by atoms with Crippen molar-refractivity contribution in [2.45, 2.75) is 19.9 Å². The molecule has 0 unspecified atom stereocenters. The lowest BCUT2D eigenvalue weighted by molar-refractivity contribution is 0.0947. The monoisotopic (exact) mass is 317 g/mol. The Balaban J connectivity index is 1.92. The van der Waals surface area contributed by atoms with Gasteiger partial charge in [0.05, 0.1) is 12.8 Å². The molecule has 23 heavy (non-hydrogen) atoms. The molecule has 0 atom stereocenters. The molecule has 0 aliphatic carbocycles. The number of rotatable bonds is 8. The normalized spacial score (nSPS) is 10.8. The largest absolute Gasteiger partial charge is 0.467 e. The van der Waals surface area contributed by atoms with Crippen LogP contribution in [0.25, 0.3) is 0 Å². The highest BCUT2D eigenvalue weighted by atomic mass is 16.3. The first-order chi connectivity index (χ1) is 11.0. The molecule has 0 radical (unpaired) electrons. The Morgan fingerprint density at radius 1 is 1.35 bits per heavy atom. The summed E-state index contributed by atoms with van der Waals surface area (Å²) in [6, 6.07) is 5.35. The van der Waals surface area contributed by atoms with Crippen molar-refractivity contribution < 1.29 is 9.21 Å². The summed E-state index contributed by atoms with van der Waals surface area (Å²) in [5.41, 5.74) is 0.365. The molecule has 0 bridgehead atoms. The molecule has 7 nitrogen and oxygen atoms in total. The average Bonchev–Trinajstić information content (AvgIpc) is 3.02. The van der Waals surface area contributed by atoms with Gasteiger partial charge in [-0.1, -0.05) is 0 Å². The number of hydrogen-bond donors (Lipinski definition) is 2. The first-order valence-electron chi connectivity index (χ1n) is 7.59. The van der Waals surface area contributed by atoms with Crippen molar-refractivity contribution in [1.82, 2.24) is 20.2 Å². The van der Waals surface area contributed by atoms with E-state index >= 15 is 0 Å².